The third kappa shape index (κ3) is 2.83. The van der Waals surface area contributed by atoms with E-state index >= 15 is 0 Å². The molecule has 0 bridgehead atoms. The van der Waals surface area contributed by atoms with Crippen LogP contribution in [0.1, 0.15) is 44.7 Å². The van der Waals surface area contributed by atoms with Gasteiger partial charge in [0.25, 0.3) is 5.69 Å². The second kappa shape index (κ2) is 6.33. The highest BCUT2D eigenvalue weighted by atomic mass is 16.6. The summed E-state index contributed by atoms with van der Waals surface area (Å²) in [7, 11) is 0. The van der Waals surface area contributed by atoms with Crippen LogP contribution in [0.15, 0.2) is 24.3 Å². The van der Waals surface area contributed by atoms with Gasteiger partial charge in [0.2, 0.25) is 0 Å². The van der Waals surface area contributed by atoms with Crippen LogP contribution in [0.3, 0.4) is 0 Å². The molecule has 1 aliphatic rings. The Balaban J connectivity index is 2.39. The lowest BCUT2D eigenvalue weighted by atomic mass is 9.92. The maximum absolute atomic E-state index is 11.2. The number of para-hydroxylation sites is 1. The summed E-state index contributed by atoms with van der Waals surface area (Å²) in [5, 5.41) is 11.2. The van der Waals surface area contributed by atoms with Crippen molar-refractivity contribution in [2.24, 2.45) is 5.73 Å². The van der Waals surface area contributed by atoms with Crippen molar-refractivity contribution in [1.82, 2.24) is 4.90 Å². The van der Waals surface area contributed by atoms with E-state index < -0.39 is 0 Å². The van der Waals surface area contributed by atoms with Crippen molar-refractivity contribution in [3.63, 3.8) is 0 Å². The molecule has 3 atom stereocenters. The second-order valence-corrected chi connectivity index (χ2v) is 5.64. The van der Waals surface area contributed by atoms with Gasteiger partial charge >= 0.3 is 0 Å². The van der Waals surface area contributed by atoms with E-state index in [4.69, 9.17) is 5.73 Å². The van der Waals surface area contributed by atoms with Gasteiger partial charge in [0.1, 0.15) is 0 Å². The lowest BCUT2D eigenvalue weighted by molar-refractivity contribution is -0.386. The zero-order valence-corrected chi connectivity index (χ0v) is 12.2. The van der Waals surface area contributed by atoms with E-state index in [-0.39, 0.29) is 16.7 Å². The van der Waals surface area contributed by atoms with Crippen molar-refractivity contribution >= 4 is 5.69 Å². The molecule has 3 unspecified atom stereocenters. The summed E-state index contributed by atoms with van der Waals surface area (Å²) in [5.41, 5.74) is 6.88. The van der Waals surface area contributed by atoms with E-state index in [9.17, 15) is 10.1 Å². The minimum Gasteiger partial charge on any atom is -0.329 e. The number of piperidine rings is 1. The highest BCUT2D eigenvalue weighted by Crippen LogP contribution is 2.35. The number of nitro groups is 1. The molecule has 2 N–H and O–H groups in total. The van der Waals surface area contributed by atoms with Gasteiger partial charge in [-0.25, -0.2) is 0 Å². The molecule has 1 saturated heterocycles. The fourth-order valence-corrected chi connectivity index (χ4v) is 3.40. The van der Waals surface area contributed by atoms with Crippen molar-refractivity contribution in [3.8, 4) is 0 Å². The average molecular weight is 277 g/mol. The third-order valence-electron chi connectivity index (χ3n) is 4.34. The van der Waals surface area contributed by atoms with Gasteiger partial charge in [0.05, 0.1) is 11.0 Å². The monoisotopic (exact) mass is 277 g/mol. The maximum Gasteiger partial charge on any atom is 0.274 e. The predicted octanol–water partition coefficient (Wildman–Crippen LogP) is 2.86. The van der Waals surface area contributed by atoms with Crippen LogP contribution >= 0.6 is 0 Å². The molecule has 1 aromatic carbocycles. The molecule has 1 aromatic rings. The molecule has 1 aliphatic heterocycles. The first kappa shape index (κ1) is 14.9. The molecule has 0 saturated carbocycles. The molecule has 1 heterocycles. The Morgan fingerprint density at radius 3 is 2.50 bits per heavy atom. The van der Waals surface area contributed by atoms with E-state index in [0.717, 1.165) is 18.4 Å². The maximum atomic E-state index is 11.2. The number of hydrogen-bond acceptors (Lipinski definition) is 4. The molecule has 0 spiro atoms. The van der Waals surface area contributed by atoms with Crippen LogP contribution in [0.25, 0.3) is 0 Å². The minimum absolute atomic E-state index is 0.0816. The summed E-state index contributed by atoms with van der Waals surface area (Å²) in [6.45, 7) is 4.78. The molecule has 0 aromatic heterocycles. The number of nitrogens with zero attached hydrogens (tertiary/aromatic N) is 2. The summed E-state index contributed by atoms with van der Waals surface area (Å²) in [4.78, 5) is 13.3. The largest absolute Gasteiger partial charge is 0.329 e. The summed E-state index contributed by atoms with van der Waals surface area (Å²) < 4.78 is 0. The normalized spacial score (nSPS) is 25.4. The number of rotatable bonds is 4. The predicted molar refractivity (Wildman–Crippen MR) is 79.5 cm³/mol. The fourth-order valence-electron chi connectivity index (χ4n) is 3.40. The smallest absolute Gasteiger partial charge is 0.274 e. The van der Waals surface area contributed by atoms with Gasteiger partial charge in [-0.3, -0.25) is 15.0 Å². The van der Waals surface area contributed by atoms with Gasteiger partial charge in [-0.05, 0) is 26.7 Å². The van der Waals surface area contributed by atoms with Gasteiger partial charge < -0.3 is 5.73 Å². The highest BCUT2D eigenvalue weighted by Gasteiger charge is 2.34. The molecule has 5 nitrogen and oxygen atoms in total. The zero-order valence-electron chi connectivity index (χ0n) is 12.2. The van der Waals surface area contributed by atoms with Crippen LogP contribution in [-0.4, -0.2) is 28.5 Å². The van der Waals surface area contributed by atoms with Crippen LogP contribution in [-0.2, 0) is 0 Å². The van der Waals surface area contributed by atoms with E-state index in [0.29, 0.717) is 18.6 Å². The molecule has 2 rings (SSSR count). The number of hydrogen-bond donors (Lipinski definition) is 1. The number of nitrogens with two attached hydrogens (primary N) is 1. The number of benzene rings is 1. The Bertz CT molecular complexity index is 468. The Morgan fingerprint density at radius 1 is 1.35 bits per heavy atom. The quantitative estimate of drug-likeness (QED) is 0.678. The van der Waals surface area contributed by atoms with Crippen LogP contribution in [0, 0.1) is 10.1 Å². The summed E-state index contributed by atoms with van der Waals surface area (Å²) in [6.07, 6.45) is 3.47. The van der Waals surface area contributed by atoms with Gasteiger partial charge in [-0.15, -0.1) is 0 Å². The van der Waals surface area contributed by atoms with Crippen molar-refractivity contribution in [1.29, 1.82) is 0 Å². The van der Waals surface area contributed by atoms with Gasteiger partial charge in [-0.1, -0.05) is 24.6 Å². The van der Waals surface area contributed by atoms with Crippen molar-refractivity contribution in [2.45, 2.75) is 51.2 Å². The Morgan fingerprint density at radius 2 is 1.95 bits per heavy atom. The van der Waals surface area contributed by atoms with Crippen molar-refractivity contribution < 1.29 is 4.92 Å². The minimum atomic E-state index is -0.308. The topological polar surface area (TPSA) is 72.4 Å². The molecule has 0 radical (unpaired) electrons. The summed E-state index contributed by atoms with van der Waals surface area (Å²) in [6, 6.07) is 7.70. The SMILES string of the molecule is CC1CCCC(C)N1C(CN)c1ccccc1[N+](=O)[O-]. The number of nitro benzene ring substituents is 1. The first-order valence-electron chi connectivity index (χ1n) is 7.27. The molecule has 20 heavy (non-hydrogen) atoms. The molecular formula is C15H23N3O2. The van der Waals surface area contributed by atoms with Crippen LogP contribution < -0.4 is 5.73 Å². The highest BCUT2D eigenvalue weighted by molar-refractivity contribution is 5.42. The Labute approximate surface area is 119 Å². The first-order valence-corrected chi connectivity index (χ1v) is 7.27. The molecule has 5 heteroatoms. The van der Waals surface area contributed by atoms with Crippen molar-refractivity contribution in [2.75, 3.05) is 6.54 Å². The van der Waals surface area contributed by atoms with Gasteiger partial charge in [-0.2, -0.15) is 0 Å². The first-order chi connectivity index (χ1) is 9.56. The molecule has 0 aliphatic carbocycles. The summed E-state index contributed by atoms with van der Waals surface area (Å²) >= 11 is 0. The van der Waals surface area contributed by atoms with E-state index in [1.165, 1.54) is 6.42 Å². The molecular weight excluding hydrogens is 254 g/mol. The van der Waals surface area contributed by atoms with E-state index in [1.807, 2.05) is 12.1 Å². The lowest BCUT2D eigenvalue weighted by Crippen LogP contribution is -2.48. The van der Waals surface area contributed by atoms with E-state index in [1.54, 1.807) is 12.1 Å². The second-order valence-electron chi connectivity index (χ2n) is 5.64. The Kier molecular flexibility index (Phi) is 4.73. The molecule has 0 amide bonds. The van der Waals surface area contributed by atoms with Crippen LogP contribution in [0.2, 0.25) is 0 Å². The molecule has 110 valence electrons. The van der Waals surface area contributed by atoms with Crippen LogP contribution in [0.4, 0.5) is 5.69 Å². The molecule has 1 fully saturated rings. The fraction of sp³-hybridized carbons (Fsp3) is 0.600. The average Bonchev–Trinajstić information content (AvgIpc) is 2.43. The van der Waals surface area contributed by atoms with Crippen LogP contribution in [0.5, 0.6) is 0 Å². The van der Waals surface area contributed by atoms with Gasteiger partial charge in [0, 0.05) is 30.3 Å². The van der Waals surface area contributed by atoms with Crippen molar-refractivity contribution in [3.05, 3.63) is 39.9 Å². The summed E-state index contributed by atoms with van der Waals surface area (Å²) in [5.74, 6) is 0. The number of likely N-dealkylation sites (tertiary alicyclic amines) is 1. The standard InChI is InChI=1S/C15H23N3O2/c1-11-6-5-7-12(2)17(11)15(10-16)13-8-3-4-9-14(13)18(19)20/h3-4,8-9,11-12,15H,5-7,10,16H2,1-2H3. The van der Waals surface area contributed by atoms with E-state index in [2.05, 4.69) is 18.7 Å². The lowest BCUT2D eigenvalue weighted by Gasteiger charge is -2.44. The van der Waals surface area contributed by atoms with Gasteiger partial charge in [0.15, 0.2) is 0 Å². The Hall–Kier alpha value is -1.46. The third-order valence-corrected chi connectivity index (χ3v) is 4.34. The zero-order chi connectivity index (χ0) is 14.7.